The smallest absolute Gasteiger partial charge is 0.407 e. The summed E-state index contributed by atoms with van der Waals surface area (Å²) < 4.78 is 31.2. The summed E-state index contributed by atoms with van der Waals surface area (Å²) >= 11 is 0. The van der Waals surface area contributed by atoms with E-state index in [1.54, 1.807) is 20.8 Å². The second-order valence-electron chi connectivity index (χ2n) is 6.70. The molecule has 9 heteroatoms. The van der Waals surface area contributed by atoms with Crippen molar-refractivity contribution >= 4 is 18.0 Å². The van der Waals surface area contributed by atoms with E-state index in [0.29, 0.717) is 0 Å². The van der Waals surface area contributed by atoms with E-state index in [-0.39, 0.29) is 6.54 Å². The molecule has 0 aromatic heterocycles. The van der Waals surface area contributed by atoms with Crippen LogP contribution in [-0.4, -0.2) is 41.6 Å². The molecule has 0 spiro atoms. The second kappa shape index (κ2) is 5.06. The molecule has 124 valence electrons. The second-order valence-corrected chi connectivity index (χ2v) is 6.70. The number of hydrogen-bond acceptors (Lipinski definition) is 4. The van der Waals surface area contributed by atoms with Crippen LogP contribution in [0.25, 0.3) is 0 Å². The average Bonchev–Trinajstić information content (AvgIpc) is 2.57. The number of halogens is 2. The third-order valence-corrected chi connectivity index (χ3v) is 3.67. The molecule has 0 aromatic rings. The molecule has 0 radical (unpaired) electrons. The van der Waals surface area contributed by atoms with Crippen molar-refractivity contribution in [2.75, 3.05) is 6.54 Å². The molecule has 4 amide bonds. The van der Waals surface area contributed by atoms with Gasteiger partial charge in [0.05, 0.1) is 6.54 Å². The van der Waals surface area contributed by atoms with E-state index in [4.69, 9.17) is 4.74 Å². The number of nitrogens with one attached hydrogen (secondary N) is 3. The maximum absolute atomic E-state index is 13.1. The summed E-state index contributed by atoms with van der Waals surface area (Å²) in [5, 5.41) is 6.77. The van der Waals surface area contributed by atoms with Crippen molar-refractivity contribution in [3.05, 3.63) is 0 Å². The van der Waals surface area contributed by atoms with E-state index in [1.165, 1.54) is 0 Å². The zero-order valence-corrected chi connectivity index (χ0v) is 12.6. The molecule has 1 aliphatic carbocycles. The molecule has 1 saturated heterocycles. The van der Waals surface area contributed by atoms with Gasteiger partial charge in [0.1, 0.15) is 11.1 Å². The van der Waals surface area contributed by atoms with Crippen molar-refractivity contribution in [1.82, 2.24) is 16.0 Å². The molecule has 0 unspecified atom stereocenters. The average molecular weight is 319 g/mol. The van der Waals surface area contributed by atoms with Gasteiger partial charge in [0.25, 0.3) is 5.91 Å². The number of rotatable bonds is 3. The third-order valence-electron chi connectivity index (χ3n) is 3.67. The Bertz CT molecular complexity index is 510. The number of urea groups is 1. The lowest BCUT2D eigenvalue weighted by atomic mass is 9.68. The van der Waals surface area contributed by atoms with Crippen molar-refractivity contribution < 1.29 is 27.9 Å². The molecule has 1 aliphatic heterocycles. The van der Waals surface area contributed by atoms with Crippen LogP contribution in [0.15, 0.2) is 0 Å². The number of carbonyl (C=O) groups excluding carboxylic acids is 3. The largest absolute Gasteiger partial charge is 0.444 e. The van der Waals surface area contributed by atoms with Gasteiger partial charge in [-0.2, -0.15) is 0 Å². The van der Waals surface area contributed by atoms with E-state index in [9.17, 15) is 23.2 Å². The first-order chi connectivity index (χ1) is 9.93. The highest BCUT2D eigenvalue weighted by Gasteiger charge is 2.61. The van der Waals surface area contributed by atoms with E-state index >= 15 is 0 Å². The van der Waals surface area contributed by atoms with Gasteiger partial charge in [0, 0.05) is 18.8 Å². The first-order valence-electron chi connectivity index (χ1n) is 6.92. The van der Waals surface area contributed by atoms with Gasteiger partial charge in [-0.1, -0.05) is 0 Å². The summed E-state index contributed by atoms with van der Waals surface area (Å²) in [6, 6.07) is -0.758. The molecule has 1 heterocycles. The lowest BCUT2D eigenvalue weighted by Gasteiger charge is -2.44. The summed E-state index contributed by atoms with van der Waals surface area (Å²) in [4.78, 5) is 35.1. The summed E-state index contributed by atoms with van der Waals surface area (Å²) in [7, 11) is 0. The standard InChI is InChI=1S/C13H19F2N3O4/c1-11(2,3)22-10(21)16-6-13(7-4-12(14,15)5-7)8(19)17-9(20)18-13/h7H,4-6H2,1-3H3,(H,16,21)(H2,17,18,19,20)/t13-/m0/s1. The van der Waals surface area contributed by atoms with Crippen molar-refractivity contribution in [3.63, 3.8) is 0 Å². The van der Waals surface area contributed by atoms with Gasteiger partial charge in [-0.25, -0.2) is 18.4 Å². The maximum Gasteiger partial charge on any atom is 0.407 e. The minimum Gasteiger partial charge on any atom is -0.444 e. The first kappa shape index (κ1) is 16.4. The molecule has 1 atom stereocenters. The molecule has 7 nitrogen and oxygen atoms in total. The fourth-order valence-corrected chi connectivity index (χ4v) is 2.60. The van der Waals surface area contributed by atoms with Crippen molar-refractivity contribution in [2.24, 2.45) is 5.92 Å². The Kier molecular flexibility index (Phi) is 3.78. The topological polar surface area (TPSA) is 96.5 Å². The van der Waals surface area contributed by atoms with E-state index in [2.05, 4.69) is 10.6 Å². The Morgan fingerprint density at radius 3 is 2.36 bits per heavy atom. The van der Waals surface area contributed by atoms with Crippen molar-refractivity contribution in [1.29, 1.82) is 0 Å². The van der Waals surface area contributed by atoms with Crippen molar-refractivity contribution in [3.8, 4) is 0 Å². The van der Waals surface area contributed by atoms with Gasteiger partial charge in [-0.15, -0.1) is 0 Å². The monoisotopic (exact) mass is 319 g/mol. The molecule has 0 aromatic carbocycles. The molecule has 0 bridgehead atoms. The minimum absolute atomic E-state index is 0.305. The molecule has 1 saturated carbocycles. The zero-order chi connectivity index (χ0) is 16.8. The van der Waals surface area contributed by atoms with Crippen LogP contribution in [0.5, 0.6) is 0 Å². The number of hydrogen-bond donors (Lipinski definition) is 3. The predicted molar refractivity (Wildman–Crippen MR) is 71.3 cm³/mol. The Morgan fingerprint density at radius 2 is 1.95 bits per heavy atom. The SMILES string of the molecule is CC(C)(C)OC(=O)NC[C@@]1(C2CC(F)(F)C2)NC(=O)NC1=O. The molecule has 2 fully saturated rings. The molecular weight excluding hydrogens is 300 g/mol. The van der Waals surface area contributed by atoms with Gasteiger partial charge < -0.3 is 15.4 Å². The minimum atomic E-state index is -2.85. The van der Waals surface area contributed by atoms with Gasteiger partial charge in [0.15, 0.2) is 0 Å². The molecular formula is C13H19F2N3O4. The van der Waals surface area contributed by atoms with Crippen LogP contribution in [0.3, 0.4) is 0 Å². The third kappa shape index (κ3) is 3.28. The number of alkyl carbamates (subject to hydrolysis) is 1. The van der Waals surface area contributed by atoms with Crippen LogP contribution >= 0.6 is 0 Å². The fourth-order valence-electron chi connectivity index (χ4n) is 2.60. The summed E-state index contributed by atoms with van der Waals surface area (Å²) in [5.41, 5.74) is -2.29. The van der Waals surface area contributed by atoms with Gasteiger partial charge in [0.2, 0.25) is 5.92 Å². The molecule has 2 aliphatic rings. The molecule has 22 heavy (non-hydrogen) atoms. The highest BCUT2D eigenvalue weighted by Crippen LogP contribution is 2.48. The van der Waals surface area contributed by atoms with Crippen LogP contribution in [0.2, 0.25) is 0 Å². The highest BCUT2D eigenvalue weighted by atomic mass is 19.3. The number of amides is 4. The van der Waals surface area contributed by atoms with Crippen LogP contribution in [-0.2, 0) is 9.53 Å². The lowest BCUT2D eigenvalue weighted by Crippen LogP contribution is -2.65. The Labute approximate surface area is 126 Å². The van der Waals surface area contributed by atoms with Gasteiger partial charge in [-0.05, 0) is 20.8 Å². The molecule has 3 N–H and O–H groups in total. The Balaban J connectivity index is 2.06. The summed E-state index contributed by atoms with van der Waals surface area (Å²) in [6.45, 7) is 4.69. The van der Waals surface area contributed by atoms with E-state index < -0.39 is 53.9 Å². The van der Waals surface area contributed by atoms with E-state index in [1.807, 2.05) is 5.32 Å². The van der Waals surface area contributed by atoms with Crippen molar-refractivity contribution in [2.45, 2.75) is 50.7 Å². The lowest BCUT2D eigenvalue weighted by molar-refractivity contribution is -0.148. The quantitative estimate of drug-likeness (QED) is 0.680. The summed E-state index contributed by atoms with van der Waals surface area (Å²) in [5.74, 6) is -4.31. The number of ether oxygens (including phenoxy) is 1. The highest BCUT2D eigenvalue weighted by molar-refractivity contribution is 6.07. The zero-order valence-electron chi connectivity index (χ0n) is 12.6. The molecule has 2 rings (SSSR count). The van der Waals surface area contributed by atoms with Crippen LogP contribution < -0.4 is 16.0 Å². The number of carbonyl (C=O) groups is 3. The van der Waals surface area contributed by atoms with Crippen LogP contribution in [0, 0.1) is 5.92 Å². The summed E-state index contributed by atoms with van der Waals surface area (Å²) in [6.07, 6.45) is -1.82. The Hall–Kier alpha value is -1.93. The van der Waals surface area contributed by atoms with Crippen LogP contribution in [0.1, 0.15) is 33.6 Å². The first-order valence-corrected chi connectivity index (χ1v) is 6.92. The fraction of sp³-hybridized carbons (Fsp3) is 0.769. The van der Waals surface area contributed by atoms with E-state index in [0.717, 1.165) is 0 Å². The maximum atomic E-state index is 13.1. The predicted octanol–water partition coefficient (Wildman–Crippen LogP) is 1.13. The normalized spacial score (nSPS) is 27.7. The van der Waals surface area contributed by atoms with Gasteiger partial charge >= 0.3 is 12.1 Å². The number of alkyl halides is 2. The number of imide groups is 1. The Morgan fingerprint density at radius 1 is 1.36 bits per heavy atom. The van der Waals surface area contributed by atoms with Crippen LogP contribution in [0.4, 0.5) is 18.4 Å². The van der Waals surface area contributed by atoms with Gasteiger partial charge in [-0.3, -0.25) is 10.1 Å².